The van der Waals surface area contributed by atoms with Crippen molar-refractivity contribution in [3.63, 3.8) is 0 Å². The van der Waals surface area contributed by atoms with Crippen LogP contribution in [0.2, 0.25) is 0 Å². The molecule has 0 aliphatic carbocycles. The van der Waals surface area contributed by atoms with Crippen LogP contribution in [0.15, 0.2) is 35.8 Å². The van der Waals surface area contributed by atoms with E-state index in [2.05, 4.69) is 15.6 Å². The van der Waals surface area contributed by atoms with E-state index in [1.54, 1.807) is 16.0 Å². The average Bonchev–Trinajstić information content (AvgIpc) is 3.07. The summed E-state index contributed by atoms with van der Waals surface area (Å²) >= 11 is 1.58. The van der Waals surface area contributed by atoms with Gasteiger partial charge in [0.2, 0.25) is 0 Å². The third-order valence-electron chi connectivity index (χ3n) is 3.53. The first-order chi connectivity index (χ1) is 10.8. The van der Waals surface area contributed by atoms with Crippen molar-refractivity contribution in [1.82, 2.24) is 20.3 Å². The maximum absolute atomic E-state index is 12.3. The molecule has 112 valence electrons. The number of epoxide rings is 1. The van der Waals surface area contributed by atoms with Gasteiger partial charge in [-0.1, -0.05) is 23.4 Å². The molecular formula is C15H14N4O2S. The van der Waals surface area contributed by atoms with Crippen LogP contribution in [0.25, 0.3) is 10.1 Å². The van der Waals surface area contributed by atoms with Gasteiger partial charge in [-0.2, -0.15) is 0 Å². The minimum atomic E-state index is -0.0856. The Bertz CT molecular complexity index is 822. The van der Waals surface area contributed by atoms with Crippen molar-refractivity contribution in [1.29, 1.82) is 0 Å². The molecule has 1 saturated heterocycles. The molecule has 1 amide bonds. The molecule has 1 aliphatic heterocycles. The van der Waals surface area contributed by atoms with Crippen LogP contribution in [0.4, 0.5) is 0 Å². The van der Waals surface area contributed by atoms with E-state index in [0.29, 0.717) is 12.1 Å². The first kappa shape index (κ1) is 13.4. The van der Waals surface area contributed by atoms with Gasteiger partial charge in [0.15, 0.2) is 0 Å². The molecule has 1 N–H and O–H groups in total. The number of nitrogens with zero attached hydrogens (tertiary/aromatic N) is 3. The number of carbonyl (C=O) groups excluding carboxylic acids is 1. The molecule has 7 heteroatoms. The molecule has 0 radical (unpaired) electrons. The van der Waals surface area contributed by atoms with Crippen LogP contribution in [0.1, 0.15) is 16.1 Å². The van der Waals surface area contributed by atoms with E-state index in [1.807, 2.05) is 35.8 Å². The summed E-state index contributed by atoms with van der Waals surface area (Å²) < 4.78 is 8.02. The van der Waals surface area contributed by atoms with E-state index in [-0.39, 0.29) is 12.0 Å². The standard InChI is InChI=1S/C15H14N4O2S/c20-15(13-9-22-14-4-2-1-3-12(13)14)16-5-10-6-19(18-17-10)7-11-8-21-11/h1-4,6,9,11H,5,7-8H2,(H,16,20). The van der Waals surface area contributed by atoms with Gasteiger partial charge < -0.3 is 10.1 Å². The number of fused-ring (bicyclic) bond motifs is 1. The summed E-state index contributed by atoms with van der Waals surface area (Å²) in [5.74, 6) is -0.0856. The number of rotatable bonds is 5. The summed E-state index contributed by atoms with van der Waals surface area (Å²) in [6, 6.07) is 7.90. The summed E-state index contributed by atoms with van der Waals surface area (Å²) in [6.07, 6.45) is 2.11. The highest BCUT2D eigenvalue weighted by Crippen LogP contribution is 2.25. The molecule has 6 nitrogen and oxygen atoms in total. The van der Waals surface area contributed by atoms with Crippen LogP contribution >= 0.6 is 11.3 Å². The second kappa shape index (κ2) is 5.51. The Morgan fingerprint density at radius 2 is 2.32 bits per heavy atom. The minimum Gasteiger partial charge on any atom is -0.371 e. The van der Waals surface area contributed by atoms with Gasteiger partial charge in [-0.25, -0.2) is 4.68 Å². The molecule has 0 spiro atoms. The van der Waals surface area contributed by atoms with Gasteiger partial charge >= 0.3 is 0 Å². The first-order valence-electron chi connectivity index (χ1n) is 7.04. The summed E-state index contributed by atoms with van der Waals surface area (Å²) in [5.41, 5.74) is 1.45. The minimum absolute atomic E-state index is 0.0856. The Hall–Kier alpha value is -2.25. The van der Waals surface area contributed by atoms with E-state index >= 15 is 0 Å². The molecular weight excluding hydrogens is 300 g/mol. The zero-order valence-electron chi connectivity index (χ0n) is 11.7. The predicted molar refractivity (Wildman–Crippen MR) is 82.8 cm³/mol. The molecule has 3 heterocycles. The number of ether oxygens (including phenoxy) is 1. The number of benzene rings is 1. The monoisotopic (exact) mass is 314 g/mol. The largest absolute Gasteiger partial charge is 0.371 e. The summed E-state index contributed by atoms with van der Waals surface area (Å²) in [7, 11) is 0. The smallest absolute Gasteiger partial charge is 0.253 e. The van der Waals surface area contributed by atoms with E-state index in [9.17, 15) is 4.79 Å². The van der Waals surface area contributed by atoms with Crippen molar-refractivity contribution >= 4 is 27.3 Å². The lowest BCUT2D eigenvalue weighted by atomic mass is 10.1. The van der Waals surface area contributed by atoms with Crippen LogP contribution in [-0.2, 0) is 17.8 Å². The number of hydrogen-bond acceptors (Lipinski definition) is 5. The average molecular weight is 314 g/mol. The van der Waals surface area contributed by atoms with Gasteiger partial charge in [0, 0.05) is 15.5 Å². The van der Waals surface area contributed by atoms with Crippen molar-refractivity contribution < 1.29 is 9.53 Å². The number of amides is 1. The lowest BCUT2D eigenvalue weighted by Crippen LogP contribution is -2.22. The Kier molecular flexibility index (Phi) is 3.36. The Labute approximate surface area is 130 Å². The SMILES string of the molecule is O=C(NCc1cn(CC2CO2)nn1)c1csc2ccccc12. The van der Waals surface area contributed by atoms with Gasteiger partial charge in [0.05, 0.1) is 31.5 Å². The Balaban J connectivity index is 1.42. The van der Waals surface area contributed by atoms with Crippen molar-refractivity contribution in [2.24, 2.45) is 0 Å². The maximum Gasteiger partial charge on any atom is 0.253 e. The van der Waals surface area contributed by atoms with Crippen molar-refractivity contribution in [2.45, 2.75) is 19.2 Å². The summed E-state index contributed by atoms with van der Waals surface area (Å²) in [4.78, 5) is 12.3. The second-order valence-corrected chi connectivity index (χ2v) is 6.13. The van der Waals surface area contributed by atoms with Crippen LogP contribution in [0.3, 0.4) is 0 Å². The molecule has 2 aromatic heterocycles. The van der Waals surface area contributed by atoms with Crippen LogP contribution in [-0.4, -0.2) is 33.6 Å². The zero-order valence-corrected chi connectivity index (χ0v) is 12.5. The fraction of sp³-hybridized carbons (Fsp3) is 0.267. The van der Waals surface area contributed by atoms with Gasteiger partial charge in [0.1, 0.15) is 11.8 Å². The molecule has 0 bridgehead atoms. The highest BCUT2D eigenvalue weighted by Gasteiger charge is 2.23. The molecule has 1 unspecified atom stereocenters. The van der Waals surface area contributed by atoms with E-state index in [4.69, 9.17) is 4.74 Å². The van der Waals surface area contributed by atoms with Gasteiger partial charge in [-0.15, -0.1) is 16.4 Å². The van der Waals surface area contributed by atoms with E-state index in [0.717, 1.165) is 28.9 Å². The Morgan fingerprint density at radius 1 is 1.45 bits per heavy atom. The van der Waals surface area contributed by atoms with Crippen LogP contribution < -0.4 is 5.32 Å². The highest BCUT2D eigenvalue weighted by molar-refractivity contribution is 7.17. The number of thiophene rings is 1. The zero-order chi connectivity index (χ0) is 14.9. The van der Waals surface area contributed by atoms with Crippen LogP contribution in [0.5, 0.6) is 0 Å². The molecule has 1 atom stereocenters. The third-order valence-corrected chi connectivity index (χ3v) is 4.50. The fourth-order valence-corrected chi connectivity index (χ4v) is 3.25. The van der Waals surface area contributed by atoms with Crippen molar-refractivity contribution in [3.8, 4) is 0 Å². The second-order valence-electron chi connectivity index (χ2n) is 5.22. The lowest BCUT2D eigenvalue weighted by molar-refractivity contribution is 0.0952. The topological polar surface area (TPSA) is 72.3 Å². The fourth-order valence-electron chi connectivity index (χ4n) is 2.31. The molecule has 3 aromatic rings. The predicted octanol–water partition coefficient (Wildman–Crippen LogP) is 1.82. The van der Waals surface area contributed by atoms with Gasteiger partial charge in [-0.05, 0) is 6.07 Å². The lowest BCUT2D eigenvalue weighted by Gasteiger charge is -2.01. The van der Waals surface area contributed by atoms with E-state index in [1.165, 1.54) is 0 Å². The number of nitrogens with one attached hydrogen (secondary N) is 1. The van der Waals surface area contributed by atoms with E-state index < -0.39 is 0 Å². The van der Waals surface area contributed by atoms with Gasteiger partial charge in [-0.3, -0.25) is 4.79 Å². The normalized spacial score (nSPS) is 16.8. The quantitative estimate of drug-likeness (QED) is 0.729. The number of aromatic nitrogens is 3. The van der Waals surface area contributed by atoms with Crippen molar-refractivity contribution in [3.05, 3.63) is 47.1 Å². The first-order valence-corrected chi connectivity index (χ1v) is 7.92. The maximum atomic E-state index is 12.3. The molecule has 22 heavy (non-hydrogen) atoms. The molecule has 1 aliphatic rings. The van der Waals surface area contributed by atoms with Crippen LogP contribution in [0, 0.1) is 0 Å². The van der Waals surface area contributed by atoms with Crippen molar-refractivity contribution in [2.75, 3.05) is 6.61 Å². The molecule has 0 saturated carbocycles. The summed E-state index contributed by atoms with van der Waals surface area (Å²) in [5, 5.41) is 13.9. The molecule has 1 aromatic carbocycles. The number of hydrogen-bond donors (Lipinski definition) is 1. The molecule has 1 fully saturated rings. The highest BCUT2D eigenvalue weighted by atomic mass is 32.1. The third kappa shape index (κ3) is 2.72. The summed E-state index contributed by atoms with van der Waals surface area (Å²) in [6.45, 7) is 1.88. The molecule has 4 rings (SSSR count). The van der Waals surface area contributed by atoms with Gasteiger partial charge in [0.25, 0.3) is 5.91 Å². The Morgan fingerprint density at radius 3 is 3.18 bits per heavy atom. The number of carbonyl (C=O) groups is 1.